The van der Waals surface area contributed by atoms with E-state index in [1.807, 2.05) is 58.2 Å². The Labute approximate surface area is 305 Å². The summed E-state index contributed by atoms with van der Waals surface area (Å²) in [7, 11) is 1.87. The molecule has 0 spiro atoms. The molecule has 0 unspecified atom stereocenters. The van der Waals surface area contributed by atoms with Gasteiger partial charge in [-0.25, -0.2) is 19.2 Å². The predicted octanol–water partition coefficient (Wildman–Crippen LogP) is 5.16. The van der Waals surface area contributed by atoms with Crippen LogP contribution in [0.1, 0.15) is 83.4 Å². The van der Waals surface area contributed by atoms with Gasteiger partial charge in [0.2, 0.25) is 11.9 Å². The maximum absolute atomic E-state index is 15.0. The van der Waals surface area contributed by atoms with Crippen molar-refractivity contribution in [3.63, 3.8) is 0 Å². The monoisotopic (exact) mass is 720 g/mol. The number of aryl methyl sites for hydroxylation is 1. The first kappa shape index (κ1) is 38.6. The first-order valence-corrected chi connectivity index (χ1v) is 18.4. The fourth-order valence-electron chi connectivity index (χ4n) is 6.36. The minimum absolute atomic E-state index is 0.00865. The summed E-state index contributed by atoms with van der Waals surface area (Å²) in [5, 5.41) is 13.7. The molecule has 2 amide bonds. The van der Waals surface area contributed by atoms with Crippen molar-refractivity contribution in [3.05, 3.63) is 59.8 Å². The van der Waals surface area contributed by atoms with Gasteiger partial charge in [0, 0.05) is 36.9 Å². The lowest BCUT2D eigenvalue weighted by Crippen LogP contribution is -2.48. The topological polar surface area (TPSA) is 153 Å². The van der Waals surface area contributed by atoms with Crippen molar-refractivity contribution in [1.29, 1.82) is 0 Å². The van der Waals surface area contributed by atoms with E-state index in [0.29, 0.717) is 62.6 Å². The molecule has 2 aliphatic carbocycles. The lowest BCUT2D eigenvalue weighted by molar-refractivity contribution is -0.153. The number of carbonyl (C=O) groups excluding carboxylic acids is 3. The van der Waals surface area contributed by atoms with E-state index in [0.717, 1.165) is 24.1 Å². The summed E-state index contributed by atoms with van der Waals surface area (Å²) in [6, 6.07) is 9.24. The van der Waals surface area contributed by atoms with E-state index >= 15 is 0 Å². The molecule has 0 radical (unpaired) electrons. The highest BCUT2D eigenvalue weighted by molar-refractivity contribution is 5.82. The molecule has 1 aromatic carbocycles. The van der Waals surface area contributed by atoms with Crippen molar-refractivity contribution >= 4 is 23.9 Å². The molecule has 0 atom stereocenters. The Hall–Kier alpha value is -4.59. The summed E-state index contributed by atoms with van der Waals surface area (Å²) in [6.45, 7) is 6.66. The average Bonchev–Trinajstić information content (AvgIpc) is 3.87. The Morgan fingerprint density at radius 1 is 1.00 bits per heavy atom. The molecular formula is C38H53FN8O5. The van der Waals surface area contributed by atoms with Gasteiger partial charge in [0.15, 0.2) is 5.82 Å². The van der Waals surface area contributed by atoms with E-state index < -0.39 is 17.5 Å². The Balaban J connectivity index is 1.12. The Kier molecular flexibility index (Phi) is 13.6. The molecule has 2 aromatic heterocycles. The molecule has 2 aliphatic rings. The quantitative estimate of drug-likeness (QED) is 0.126. The van der Waals surface area contributed by atoms with E-state index in [1.165, 1.54) is 23.9 Å². The normalized spacial score (nSPS) is 17.3. The number of carbonyl (C=O) groups is 3. The summed E-state index contributed by atoms with van der Waals surface area (Å²) in [5.74, 6) is -0.0979. The average molecular weight is 721 g/mol. The second kappa shape index (κ2) is 18.3. The number of hydrogen-bond donors (Lipinski definition) is 3. The third-order valence-corrected chi connectivity index (χ3v) is 9.26. The number of rotatable bonds is 17. The lowest BCUT2D eigenvalue weighted by Gasteiger charge is -2.36. The molecule has 2 heterocycles. The zero-order valence-electron chi connectivity index (χ0n) is 30.8. The predicted molar refractivity (Wildman–Crippen MR) is 195 cm³/mol. The molecule has 282 valence electrons. The van der Waals surface area contributed by atoms with E-state index in [4.69, 9.17) is 9.47 Å². The Bertz CT molecular complexity index is 1630. The number of benzene rings is 1. The minimum atomic E-state index is -0.535. The van der Waals surface area contributed by atoms with Gasteiger partial charge in [-0.05, 0) is 96.6 Å². The van der Waals surface area contributed by atoms with Crippen LogP contribution in [0.2, 0.25) is 0 Å². The first-order valence-electron chi connectivity index (χ1n) is 18.4. The number of esters is 1. The van der Waals surface area contributed by atoms with Gasteiger partial charge >= 0.3 is 12.1 Å². The number of amides is 2. The minimum Gasteiger partial charge on any atom is -0.459 e. The zero-order valence-corrected chi connectivity index (χ0v) is 30.8. The molecule has 14 heteroatoms. The molecule has 0 bridgehead atoms. The number of anilines is 1. The smallest absolute Gasteiger partial charge is 0.410 e. The maximum Gasteiger partial charge on any atom is 0.410 e. The van der Waals surface area contributed by atoms with Crippen LogP contribution < -0.4 is 16.0 Å². The fraction of sp³-hybridized carbons (Fsp3) is 0.579. The van der Waals surface area contributed by atoms with Gasteiger partial charge in [-0.1, -0.05) is 30.3 Å². The van der Waals surface area contributed by atoms with Crippen LogP contribution in [0.5, 0.6) is 0 Å². The standard InChI is InChI=1S/C38H53FN8O5/c1-38(2,3)52-34(49)23-40-18-8-9-19-41-33(48)24-47(37(50)51-25-27-10-6-5-7-11-27)29-16-14-28(15-17-29)44-36-42-22-31(39)35(45-36)30-21-43-46(4)32(30)20-26-12-13-26/h5-7,10-11,21-22,26,28-29,40H,8-9,12-20,23-25H2,1-4H3,(H,41,48)(H,42,44,45)/t28-,29-. The van der Waals surface area contributed by atoms with Gasteiger partial charge in [-0.3, -0.25) is 19.2 Å². The highest BCUT2D eigenvalue weighted by atomic mass is 19.1. The third kappa shape index (κ3) is 12.0. The van der Waals surface area contributed by atoms with Gasteiger partial charge in [-0.2, -0.15) is 5.10 Å². The number of hydrogen-bond acceptors (Lipinski definition) is 10. The van der Waals surface area contributed by atoms with Gasteiger partial charge in [-0.15, -0.1) is 0 Å². The van der Waals surface area contributed by atoms with Gasteiger partial charge in [0.25, 0.3) is 0 Å². The van der Waals surface area contributed by atoms with Crippen LogP contribution in [0.15, 0.2) is 42.7 Å². The highest BCUT2D eigenvalue weighted by Crippen LogP contribution is 2.36. The number of unbranched alkanes of at least 4 members (excludes halogenated alkanes) is 1. The maximum atomic E-state index is 15.0. The number of aromatic nitrogens is 4. The number of nitrogens with one attached hydrogen (secondary N) is 3. The lowest BCUT2D eigenvalue weighted by atomic mass is 9.90. The van der Waals surface area contributed by atoms with Gasteiger partial charge in [0.1, 0.15) is 24.4 Å². The zero-order chi connectivity index (χ0) is 37.1. The van der Waals surface area contributed by atoms with E-state index in [1.54, 1.807) is 10.9 Å². The van der Waals surface area contributed by atoms with Gasteiger partial charge < -0.3 is 25.4 Å². The summed E-state index contributed by atoms with van der Waals surface area (Å²) >= 11 is 0. The SMILES string of the molecule is Cn1ncc(-c2nc(N[C@H]3CC[C@H](N(CC(=O)NCCCCNCC(=O)OC(C)(C)C)C(=O)OCc4ccccc4)CC3)ncc2F)c1CC1CC1. The van der Waals surface area contributed by atoms with Crippen molar-refractivity contribution in [1.82, 2.24) is 35.3 Å². The van der Waals surface area contributed by atoms with Crippen LogP contribution in [0.4, 0.5) is 15.1 Å². The molecular weight excluding hydrogens is 667 g/mol. The summed E-state index contributed by atoms with van der Waals surface area (Å²) in [6.07, 6.45) is 9.67. The molecule has 2 saturated carbocycles. The molecule has 2 fully saturated rings. The summed E-state index contributed by atoms with van der Waals surface area (Å²) < 4.78 is 27.8. The second-order valence-electron chi connectivity index (χ2n) is 14.8. The van der Waals surface area contributed by atoms with Crippen LogP contribution in [-0.2, 0) is 39.1 Å². The molecule has 0 saturated heterocycles. The Morgan fingerprint density at radius 2 is 1.73 bits per heavy atom. The van der Waals surface area contributed by atoms with Crippen molar-refractivity contribution < 1.29 is 28.2 Å². The highest BCUT2D eigenvalue weighted by Gasteiger charge is 2.32. The number of ether oxygens (including phenoxy) is 2. The van der Waals surface area contributed by atoms with Crippen LogP contribution >= 0.6 is 0 Å². The van der Waals surface area contributed by atoms with E-state index in [-0.39, 0.29) is 49.4 Å². The van der Waals surface area contributed by atoms with Crippen molar-refractivity contribution in [2.24, 2.45) is 13.0 Å². The molecule has 0 aliphatic heterocycles. The van der Waals surface area contributed by atoms with Crippen molar-refractivity contribution in [2.75, 3.05) is 31.5 Å². The summed E-state index contributed by atoms with van der Waals surface area (Å²) in [5.41, 5.74) is 2.24. The second-order valence-corrected chi connectivity index (χ2v) is 14.8. The van der Waals surface area contributed by atoms with Crippen LogP contribution in [0.25, 0.3) is 11.3 Å². The Morgan fingerprint density at radius 3 is 2.44 bits per heavy atom. The van der Waals surface area contributed by atoms with Gasteiger partial charge in [0.05, 0.1) is 18.9 Å². The van der Waals surface area contributed by atoms with Crippen LogP contribution in [0, 0.1) is 11.7 Å². The molecule has 3 aromatic rings. The largest absolute Gasteiger partial charge is 0.459 e. The van der Waals surface area contributed by atoms with Crippen molar-refractivity contribution in [2.45, 2.75) is 103 Å². The number of nitrogens with zero attached hydrogens (tertiary/aromatic N) is 5. The first-order chi connectivity index (χ1) is 24.9. The van der Waals surface area contributed by atoms with Crippen molar-refractivity contribution in [3.8, 4) is 11.3 Å². The molecule has 13 nitrogen and oxygen atoms in total. The molecule has 52 heavy (non-hydrogen) atoms. The number of halogens is 1. The third-order valence-electron chi connectivity index (χ3n) is 9.26. The van der Waals surface area contributed by atoms with Crippen LogP contribution in [-0.4, -0.2) is 86.5 Å². The fourth-order valence-corrected chi connectivity index (χ4v) is 6.36. The van der Waals surface area contributed by atoms with E-state index in [9.17, 15) is 18.8 Å². The molecule has 3 N–H and O–H groups in total. The molecule has 5 rings (SSSR count). The van der Waals surface area contributed by atoms with E-state index in [2.05, 4.69) is 31.0 Å². The van der Waals surface area contributed by atoms with Crippen LogP contribution in [0.3, 0.4) is 0 Å². The summed E-state index contributed by atoms with van der Waals surface area (Å²) in [4.78, 5) is 48.7.